The number of amides is 1. The Hall–Kier alpha value is -2.91. The molecule has 1 aromatic carbocycles. The summed E-state index contributed by atoms with van der Waals surface area (Å²) in [6.07, 6.45) is 5.85. The van der Waals surface area contributed by atoms with Crippen molar-refractivity contribution in [2.75, 3.05) is 26.2 Å². The largest absolute Gasteiger partial charge is 0.444 e. The van der Waals surface area contributed by atoms with Crippen LogP contribution in [0.3, 0.4) is 0 Å². The summed E-state index contributed by atoms with van der Waals surface area (Å²) < 4.78 is 5.55. The van der Waals surface area contributed by atoms with Crippen LogP contribution in [-0.4, -0.2) is 52.7 Å². The SMILES string of the molecule is CC(C)(C)OC(=O)N1CCC2(CC1)CN(C1CCc3cc(-c4ccc(C#N)cn4)ccc31)C2. The summed E-state index contributed by atoms with van der Waals surface area (Å²) in [7, 11) is 0. The number of benzene rings is 1. The molecule has 1 unspecified atom stereocenters. The standard InChI is InChI=1S/C27H32N4O2/c1-26(2,3)33-25(32)30-12-10-27(11-13-30)17-31(18-27)24-9-6-20-14-21(5-7-22(20)24)23-8-4-19(15-28)16-29-23/h4-5,7-8,14,16,24H,6,9-13,17-18H2,1-3H3. The lowest BCUT2D eigenvalue weighted by Crippen LogP contribution is -2.61. The molecule has 172 valence electrons. The fourth-order valence-corrected chi connectivity index (χ4v) is 5.61. The molecule has 1 atom stereocenters. The molecule has 0 bridgehead atoms. The number of piperidine rings is 1. The highest BCUT2D eigenvalue weighted by molar-refractivity contribution is 5.68. The van der Waals surface area contributed by atoms with Crippen LogP contribution in [0.4, 0.5) is 4.79 Å². The maximum atomic E-state index is 12.4. The number of pyridine rings is 1. The van der Waals surface area contributed by atoms with E-state index >= 15 is 0 Å². The van der Waals surface area contributed by atoms with Gasteiger partial charge in [0.1, 0.15) is 11.7 Å². The lowest BCUT2D eigenvalue weighted by Gasteiger charge is -2.56. The van der Waals surface area contributed by atoms with Crippen molar-refractivity contribution in [1.29, 1.82) is 5.26 Å². The third-order valence-electron chi connectivity index (χ3n) is 7.37. The van der Waals surface area contributed by atoms with Gasteiger partial charge >= 0.3 is 6.09 Å². The molecule has 3 heterocycles. The van der Waals surface area contributed by atoms with E-state index in [1.165, 1.54) is 17.5 Å². The summed E-state index contributed by atoms with van der Waals surface area (Å²) in [5, 5.41) is 8.99. The Bertz CT molecular complexity index is 1080. The summed E-state index contributed by atoms with van der Waals surface area (Å²) in [4.78, 5) is 21.3. The molecule has 0 radical (unpaired) electrons. The molecular weight excluding hydrogens is 412 g/mol. The van der Waals surface area contributed by atoms with Crippen LogP contribution in [0.2, 0.25) is 0 Å². The zero-order valence-corrected chi connectivity index (χ0v) is 19.8. The van der Waals surface area contributed by atoms with E-state index in [4.69, 9.17) is 10.00 Å². The number of aryl methyl sites for hydroxylation is 1. The Labute approximate surface area is 196 Å². The molecule has 6 heteroatoms. The van der Waals surface area contributed by atoms with Crippen LogP contribution in [0.5, 0.6) is 0 Å². The molecule has 1 amide bonds. The van der Waals surface area contributed by atoms with Gasteiger partial charge in [0.25, 0.3) is 0 Å². The van der Waals surface area contributed by atoms with Gasteiger partial charge in [0.15, 0.2) is 0 Å². The minimum Gasteiger partial charge on any atom is -0.444 e. The molecule has 0 N–H and O–H groups in total. The second-order valence-corrected chi connectivity index (χ2v) is 10.9. The fraction of sp³-hybridized carbons (Fsp3) is 0.519. The van der Waals surface area contributed by atoms with Crippen LogP contribution < -0.4 is 0 Å². The van der Waals surface area contributed by atoms with Crippen molar-refractivity contribution in [3.8, 4) is 17.3 Å². The zero-order chi connectivity index (χ0) is 23.2. The number of fused-ring (bicyclic) bond motifs is 1. The molecule has 2 aliphatic heterocycles. The molecular formula is C27H32N4O2. The van der Waals surface area contributed by atoms with E-state index in [0.717, 1.165) is 56.7 Å². The highest BCUT2D eigenvalue weighted by Crippen LogP contribution is 2.48. The third-order valence-corrected chi connectivity index (χ3v) is 7.37. The van der Waals surface area contributed by atoms with Crippen molar-refractivity contribution in [2.24, 2.45) is 5.41 Å². The average molecular weight is 445 g/mol. The van der Waals surface area contributed by atoms with E-state index in [1.807, 2.05) is 37.8 Å². The van der Waals surface area contributed by atoms with Crippen molar-refractivity contribution < 1.29 is 9.53 Å². The fourth-order valence-electron chi connectivity index (χ4n) is 5.61. The lowest BCUT2D eigenvalue weighted by molar-refractivity contribution is -0.0716. The quantitative estimate of drug-likeness (QED) is 0.656. The minimum atomic E-state index is -0.439. The van der Waals surface area contributed by atoms with Crippen molar-refractivity contribution in [2.45, 2.75) is 58.1 Å². The Kier molecular flexibility index (Phi) is 5.41. The van der Waals surface area contributed by atoms with Gasteiger partial charge in [-0.1, -0.05) is 12.1 Å². The maximum absolute atomic E-state index is 12.4. The summed E-state index contributed by atoms with van der Waals surface area (Å²) in [5.74, 6) is 0. The first-order valence-electron chi connectivity index (χ1n) is 12.0. The molecule has 2 aromatic rings. The first-order chi connectivity index (χ1) is 15.8. The molecule has 2 fully saturated rings. The summed E-state index contributed by atoms with van der Waals surface area (Å²) in [6.45, 7) is 9.60. The molecule has 33 heavy (non-hydrogen) atoms. The normalized spacial score (nSPS) is 21.9. The highest BCUT2D eigenvalue weighted by Gasteiger charge is 2.48. The number of carbonyl (C=O) groups excluding carboxylic acids is 1. The topological polar surface area (TPSA) is 69.5 Å². The van der Waals surface area contributed by atoms with Crippen molar-refractivity contribution in [3.05, 3.63) is 53.2 Å². The Morgan fingerprint density at radius 2 is 1.94 bits per heavy atom. The minimum absolute atomic E-state index is 0.175. The smallest absolute Gasteiger partial charge is 0.410 e. The van der Waals surface area contributed by atoms with E-state index in [2.05, 4.69) is 34.2 Å². The number of ether oxygens (including phenoxy) is 1. The van der Waals surface area contributed by atoms with Crippen LogP contribution in [0, 0.1) is 16.7 Å². The van der Waals surface area contributed by atoms with Gasteiger partial charge < -0.3 is 9.64 Å². The number of aromatic nitrogens is 1. The first-order valence-corrected chi connectivity index (χ1v) is 12.0. The maximum Gasteiger partial charge on any atom is 0.410 e. The van der Waals surface area contributed by atoms with E-state index in [-0.39, 0.29) is 6.09 Å². The summed E-state index contributed by atoms with van der Waals surface area (Å²) in [5.41, 5.74) is 5.41. The zero-order valence-electron chi connectivity index (χ0n) is 19.8. The van der Waals surface area contributed by atoms with Gasteiger partial charge in [0.2, 0.25) is 0 Å². The number of carbonyl (C=O) groups is 1. The first kappa shape index (κ1) is 21.9. The van der Waals surface area contributed by atoms with Gasteiger partial charge in [0, 0.05) is 44.0 Å². The molecule has 2 saturated heterocycles. The number of likely N-dealkylation sites (tertiary alicyclic amines) is 2. The number of nitriles is 1. The van der Waals surface area contributed by atoms with E-state index < -0.39 is 5.60 Å². The molecule has 1 aromatic heterocycles. The van der Waals surface area contributed by atoms with Crippen LogP contribution in [-0.2, 0) is 11.2 Å². The Morgan fingerprint density at radius 3 is 2.58 bits per heavy atom. The van der Waals surface area contributed by atoms with Gasteiger partial charge in [-0.05, 0) is 81.2 Å². The number of nitrogens with zero attached hydrogens (tertiary/aromatic N) is 4. The average Bonchev–Trinajstić information content (AvgIpc) is 3.19. The van der Waals surface area contributed by atoms with Crippen LogP contribution in [0.1, 0.15) is 62.8 Å². The van der Waals surface area contributed by atoms with E-state index in [0.29, 0.717) is 17.0 Å². The van der Waals surface area contributed by atoms with Crippen LogP contribution >= 0.6 is 0 Å². The van der Waals surface area contributed by atoms with Crippen LogP contribution in [0.25, 0.3) is 11.3 Å². The molecule has 0 saturated carbocycles. The lowest BCUT2D eigenvalue weighted by atomic mass is 9.71. The van der Waals surface area contributed by atoms with Gasteiger partial charge in [-0.2, -0.15) is 5.26 Å². The van der Waals surface area contributed by atoms with Gasteiger partial charge in [-0.25, -0.2) is 4.79 Å². The molecule has 6 nitrogen and oxygen atoms in total. The predicted octanol–water partition coefficient (Wildman–Crippen LogP) is 4.94. The number of rotatable bonds is 2. The van der Waals surface area contributed by atoms with E-state index in [9.17, 15) is 4.79 Å². The molecule has 3 aliphatic rings. The van der Waals surface area contributed by atoms with Crippen LogP contribution in [0.15, 0.2) is 36.5 Å². The van der Waals surface area contributed by atoms with Gasteiger partial charge in [0.05, 0.1) is 11.3 Å². The monoisotopic (exact) mass is 444 g/mol. The number of hydrogen-bond acceptors (Lipinski definition) is 5. The predicted molar refractivity (Wildman–Crippen MR) is 126 cm³/mol. The Balaban J connectivity index is 1.19. The third kappa shape index (κ3) is 4.35. The second-order valence-electron chi connectivity index (χ2n) is 10.9. The van der Waals surface area contributed by atoms with E-state index in [1.54, 1.807) is 6.20 Å². The Morgan fingerprint density at radius 1 is 1.18 bits per heavy atom. The molecule has 1 spiro atoms. The van der Waals surface area contributed by atoms with Crippen molar-refractivity contribution in [1.82, 2.24) is 14.8 Å². The van der Waals surface area contributed by atoms with Crippen molar-refractivity contribution in [3.63, 3.8) is 0 Å². The van der Waals surface area contributed by atoms with Gasteiger partial charge in [-0.15, -0.1) is 0 Å². The number of hydrogen-bond donors (Lipinski definition) is 0. The second kappa shape index (κ2) is 8.14. The van der Waals surface area contributed by atoms with Gasteiger partial charge in [-0.3, -0.25) is 9.88 Å². The summed E-state index contributed by atoms with van der Waals surface area (Å²) >= 11 is 0. The summed E-state index contributed by atoms with van der Waals surface area (Å²) in [6, 6.07) is 13.1. The molecule has 1 aliphatic carbocycles. The van der Waals surface area contributed by atoms with Crippen molar-refractivity contribution >= 4 is 6.09 Å². The molecule has 5 rings (SSSR count). The highest BCUT2D eigenvalue weighted by atomic mass is 16.6.